The first-order chi connectivity index (χ1) is 12.2. The zero-order valence-corrected chi connectivity index (χ0v) is 16.9. The molecule has 0 bridgehead atoms. The molecular formula is C19H23FIN3O2. The number of aliphatic imine (C=N–C) groups is 1. The van der Waals surface area contributed by atoms with Crippen LogP contribution in [0.4, 0.5) is 4.39 Å². The van der Waals surface area contributed by atoms with E-state index in [9.17, 15) is 9.50 Å². The molecule has 5 nitrogen and oxygen atoms in total. The van der Waals surface area contributed by atoms with Gasteiger partial charge in [-0.05, 0) is 30.7 Å². The quantitative estimate of drug-likeness (QED) is 0.361. The maximum atomic E-state index is 13.4. The molecule has 1 unspecified atom stereocenters. The predicted molar refractivity (Wildman–Crippen MR) is 111 cm³/mol. The second kappa shape index (κ2) is 9.61. The van der Waals surface area contributed by atoms with E-state index in [1.165, 1.54) is 12.1 Å². The average molecular weight is 471 g/mol. The molecule has 2 aromatic rings. The van der Waals surface area contributed by atoms with Gasteiger partial charge in [-0.3, -0.25) is 0 Å². The lowest BCUT2D eigenvalue weighted by Gasteiger charge is -2.28. The van der Waals surface area contributed by atoms with Crippen molar-refractivity contribution >= 4 is 29.9 Å². The SMILES string of the molecule is CCNC(=NCc1ccc(O)c(F)c1)NC1CCOc2ccccc21.I. The molecule has 1 atom stereocenters. The molecule has 3 rings (SSSR count). The monoisotopic (exact) mass is 471 g/mol. The fourth-order valence-electron chi connectivity index (χ4n) is 2.80. The molecule has 3 N–H and O–H groups in total. The number of nitrogens with one attached hydrogen (secondary N) is 2. The molecular weight excluding hydrogens is 448 g/mol. The van der Waals surface area contributed by atoms with Crippen molar-refractivity contribution in [3.8, 4) is 11.5 Å². The number of nitrogens with zero attached hydrogens (tertiary/aromatic N) is 1. The number of guanidine groups is 1. The Kier molecular flexibility index (Phi) is 7.50. The number of benzene rings is 2. The van der Waals surface area contributed by atoms with E-state index in [2.05, 4.69) is 15.6 Å². The second-order valence-electron chi connectivity index (χ2n) is 5.85. The molecule has 1 heterocycles. The van der Waals surface area contributed by atoms with E-state index in [0.29, 0.717) is 24.7 Å². The summed E-state index contributed by atoms with van der Waals surface area (Å²) in [6.45, 7) is 3.69. The van der Waals surface area contributed by atoms with Crippen molar-refractivity contribution in [2.24, 2.45) is 4.99 Å². The highest BCUT2D eigenvalue weighted by Crippen LogP contribution is 2.31. The normalized spacial score (nSPS) is 16.1. The van der Waals surface area contributed by atoms with Gasteiger partial charge in [-0.2, -0.15) is 0 Å². The smallest absolute Gasteiger partial charge is 0.192 e. The number of rotatable bonds is 4. The molecule has 0 saturated heterocycles. The molecule has 0 aromatic heterocycles. The number of halogens is 2. The van der Waals surface area contributed by atoms with Crippen LogP contribution in [0.2, 0.25) is 0 Å². The van der Waals surface area contributed by atoms with Crippen LogP contribution in [0.25, 0.3) is 0 Å². The molecule has 140 valence electrons. The topological polar surface area (TPSA) is 65.9 Å². The number of para-hydroxylation sites is 1. The Balaban J connectivity index is 0.00000243. The van der Waals surface area contributed by atoms with Gasteiger partial charge < -0.3 is 20.5 Å². The van der Waals surface area contributed by atoms with E-state index in [4.69, 9.17) is 4.74 Å². The molecule has 26 heavy (non-hydrogen) atoms. The second-order valence-corrected chi connectivity index (χ2v) is 5.85. The highest BCUT2D eigenvalue weighted by atomic mass is 127. The Bertz CT molecular complexity index is 770. The Labute approximate surface area is 169 Å². The van der Waals surface area contributed by atoms with Crippen LogP contribution in [0.15, 0.2) is 47.5 Å². The molecule has 0 aliphatic carbocycles. The van der Waals surface area contributed by atoms with Gasteiger partial charge in [0.1, 0.15) is 5.75 Å². The van der Waals surface area contributed by atoms with Crippen LogP contribution in [-0.2, 0) is 6.54 Å². The zero-order chi connectivity index (χ0) is 17.6. The lowest BCUT2D eigenvalue weighted by atomic mass is 10.0. The van der Waals surface area contributed by atoms with E-state index in [0.717, 1.165) is 24.3 Å². The van der Waals surface area contributed by atoms with Crippen LogP contribution >= 0.6 is 24.0 Å². The van der Waals surface area contributed by atoms with E-state index < -0.39 is 5.82 Å². The molecule has 1 aliphatic heterocycles. The van der Waals surface area contributed by atoms with Crippen molar-refractivity contribution in [3.05, 3.63) is 59.4 Å². The maximum absolute atomic E-state index is 13.4. The van der Waals surface area contributed by atoms with Gasteiger partial charge in [0.25, 0.3) is 0 Å². The van der Waals surface area contributed by atoms with E-state index in [1.807, 2.05) is 31.2 Å². The summed E-state index contributed by atoms with van der Waals surface area (Å²) >= 11 is 0. The first-order valence-corrected chi connectivity index (χ1v) is 8.41. The number of hydrogen-bond acceptors (Lipinski definition) is 3. The molecule has 1 aliphatic rings. The predicted octanol–water partition coefficient (Wildman–Crippen LogP) is 3.73. The summed E-state index contributed by atoms with van der Waals surface area (Å²) in [5.41, 5.74) is 1.80. The summed E-state index contributed by atoms with van der Waals surface area (Å²) in [4.78, 5) is 4.53. The van der Waals surface area contributed by atoms with Crippen molar-refractivity contribution in [1.82, 2.24) is 10.6 Å². The highest BCUT2D eigenvalue weighted by molar-refractivity contribution is 14.0. The van der Waals surface area contributed by atoms with Gasteiger partial charge in [-0.15, -0.1) is 24.0 Å². The summed E-state index contributed by atoms with van der Waals surface area (Å²) in [6.07, 6.45) is 0.843. The van der Waals surface area contributed by atoms with Crippen LogP contribution in [0.3, 0.4) is 0 Å². The Morgan fingerprint density at radius 2 is 2.12 bits per heavy atom. The molecule has 0 fully saturated rings. The Morgan fingerprint density at radius 3 is 2.88 bits per heavy atom. The van der Waals surface area contributed by atoms with Crippen LogP contribution < -0.4 is 15.4 Å². The number of ether oxygens (including phenoxy) is 1. The number of phenols is 1. The van der Waals surface area contributed by atoms with Crippen molar-refractivity contribution in [1.29, 1.82) is 0 Å². The average Bonchev–Trinajstić information content (AvgIpc) is 2.63. The lowest BCUT2D eigenvalue weighted by molar-refractivity contribution is 0.261. The van der Waals surface area contributed by atoms with Gasteiger partial charge in [0.15, 0.2) is 17.5 Å². The molecule has 2 aromatic carbocycles. The Morgan fingerprint density at radius 1 is 1.31 bits per heavy atom. The molecule has 0 saturated carbocycles. The van der Waals surface area contributed by atoms with Crippen LogP contribution in [-0.4, -0.2) is 24.2 Å². The van der Waals surface area contributed by atoms with Crippen molar-refractivity contribution < 1.29 is 14.2 Å². The number of fused-ring (bicyclic) bond motifs is 1. The summed E-state index contributed by atoms with van der Waals surface area (Å²) in [5.74, 6) is 0.570. The molecule has 0 radical (unpaired) electrons. The van der Waals surface area contributed by atoms with Gasteiger partial charge in [0, 0.05) is 18.5 Å². The number of phenolic OH excluding ortho intramolecular Hbond substituents is 1. The van der Waals surface area contributed by atoms with Gasteiger partial charge in [-0.25, -0.2) is 9.38 Å². The summed E-state index contributed by atoms with van der Waals surface area (Å²) in [7, 11) is 0. The molecule has 0 amide bonds. The van der Waals surface area contributed by atoms with E-state index in [-0.39, 0.29) is 35.8 Å². The number of aromatic hydroxyl groups is 1. The first-order valence-electron chi connectivity index (χ1n) is 8.41. The minimum Gasteiger partial charge on any atom is -0.505 e. The van der Waals surface area contributed by atoms with Crippen molar-refractivity contribution in [2.75, 3.05) is 13.2 Å². The third kappa shape index (κ3) is 5.00. The van der Waals surface area contributed by atoms with Crippen molar-refractivity contribution in [3.63, 3.8) is 0 Å². The van der Waals surface area contributed by atoms with E-state index >= 15 is 0 Å². The molecule has 0 spiro atoms. The number of hydrogen-bond donors (Lipinski definition) is 3. The fraction of sp³-hybridized carbons (Fsp3) is 0.316. The first kappa shape index (κ1) is 20.3. The van der Waals surface area contributed by atoms with Crippen molar-refractivity contribution in [2.45, 2.75) is 25.9 Å². The van der Waals surface area contributed by atoms with Gasteiger partial charge in [0.05, 0.1) is 19.2 Å². The maximum Gasteiger partial charge on any atom is 0.192 e. The lowest BCUT2D eigenvalue weighted by Crippen LogP contribution is -2.41. The summed E-state index contributed by atoms with van der Waals surface area (Å²) in [6, 6.07) is 12.4. The minimum atomic E-state index is -0.635. The van der Waals surface area contributed by atoms with Gasteiger partial charge in [0.2, 0.25) is 0 Å². The fourth-order valence-corrected chi connectivity index (χ4v) is 2.80. The van der Waals surface area contributed by atoms with Crippen LogP contribution in [0, 0.1) is 5.82 Å². The summed E-state index contributed by atoms with van der Waals surface area (Å²) < 4.78 is 19.1. The third-order valence-electron chi connectivity index (χ3n) is 4.05. The minimum absolute atomic E-state index is 0. The third-order valence-corrected chi connectivity index (χ3v) is 4.05. The van der Waals surface area contributed by atoms with Gasteiger partial charge in [-0.1, -0.05) is 24.3 Å². The van der Waals surface area contributed by atoms with Crippen LogP contribution in [0.5, 0.6) is 11.5 Å². The van der Waals surface area contributed by atoms with E-state index in [1.54, 1.807) is 6.07 Å². The van der Waals surface area contributed by atoms with Crippen LogP contribution in [0.1, 0.15) is 30.5 Å². The summed E-state index contributed by atoms with van der Waals surface area (Å²) in [5, 5.41) is 15.9. The zero-order valence-electron chi connectivity index (χ0n) is 14.5. The highest BCUT2D eigenvalue weighted by Gasteiger charge is 2.21. The van der Waals surface area contributed by atoms with Gasteiger partial charge >= 0.3 is 0 Å². The molecule has 7 heteroatoms. The Hall–Kier alpha value is -2.03. The largest absolute Gasteiger partial charge is 0.505 e. The standard InChI is InChI=1S/C19H22FN3O2.HI/c1-2-21-19(22-12-13-7-8-17(24)15(20)11-13)23-16-9-10-25-18-6-4-3-5-14(16)18;/h3-8,11,16,24H,2,9-10,12H2,1H3,(H2,21,22,23);1H.